The molecule has 0 radical (unpaired) electrons. The van der Waals surface area contributed by atoms with E-state index in [0.29, 0.717) is 28.0 Å². The van der Waals surface area contributed by atoms with Crippen LogP contribution in [0.3, 0.4) is 0 Å². The highest BCUT2D eigenvalue weighted by molar-refractivity contribution is 8.00. The number of amides is 1. The molecule has 1 amide bonds. The predicted molar refractivity (Wildman–Crippen MR) is 94.9 cm³/mol. The molecule has 0 saturated carbocycles. The Bertz CT molecular complexity index is 686. The first kappa shape index (κ1) is 17.2. The number of hydrogen-bond acceptors (Lipinski definition) is 4. The van der Waals surface area contributed by atoms with Gasteiger partial charge in [-0.15, -0.1) is 11.8 Å². The fraction of sp³-hybridized carbons (Fsp3) is 0.278. The molecule has 1 N–H and O–H groups in total. The normalized spacial score (nSPS) is 10.5. The van der Waals surface area contributed by atoms with Crippen molar-refractivity contribution < 1.29 is 14.3 Å². The van der Waals surface area contributed by atoms with Gasteiger partial charge >= 0.3 is 0 Å². The minimum atomic E-state index is -0.138. The Balaban J connectivity index is 2.23. The summed E-state index contributed by atoms with van der Waals surface area (Å²) in [4.78, 5) is 13.5. The molecule has 0 aromatic heterocycles. The van der Waals surface area contributed by atoms with Crippen LogP contribution in [0.4, 0.5) is 5.69 Å². The van der Waals surface area contributed by atoms with E-state index in [1.165, 1.54) is 0 Å². The van der Waals surface area contributed by atoms with Gasteiger partial charge in [0.15, 0.2) is 11.5 Å². The summed E-state index contributed by atoms with van der Waals surface area (Å²) >= 11 is 1.67. The number of anilines is 1. The SMILES string of the molecule is COc1ccc(NC(=O)c2ccccc2SC(C)C)cc1OC. The lowest BCUT2D eigenvalue weighted by atomic mass is 10.2. The van der Waals surface area contributed by atoms with Crippen molar-refractivity contribution in [3.63, 3.8) is 0 Å². The number of methoxy groups -OCH3 is 2. The highest BCUT2D eigenvalue weighted by atomic mass is 32.2. The lowest BCUT2D eigenvalue weighted by Gasteiger charge is -2.13. The predicted octanol–water partition coefficient (Wildman–Crippen LogP) is 4.46. The van der Waals surface area contributed by atoms with E-state index in [2.05, 4.69) is 19.2 Å². The minimum absolute atomic E-state index is 0.138. The molecule has 2 aromatic rings. The van der Waals surface area contributed by atoms with Crippen LogP contribution in [0.15, 0.2) is 47.4 Å². The zero-order valence-corrected chi connectivity index (χ0v) is 14.6. The van der Waals surface area contributed by atoms with E-state index in [1.807, 2.05) is 24.3 Å². The summed E-state index contributed by atoms with van der Waals surface area (Å²) in [5.41, 5.74) is 1.33. The largest absolute Gasteiger partial charge is 0.493 e. The molecular weight excluding hydrogens is 310 g/mol. The van der Waals surface area contributed by atoms with Crippen LogP contribution in [0, 0.1) is 0 Å². The van der Waals surface area contributed by atoms with Crippen molar-refractivity contribution >= 4 is 23.4 Å². The monoisotopic (exact) mass is 331 g/mol. The summed E-state index contributed by atoms with van der Waals surface area (Å²) in [5, 5.41) is 3.32. The van der Waals surface area contributed by atoms with Crippen molar-refractivity contribution in [2.45, 2.75) is 24.0 Å². The molecule has 0 fully saturated rings. The number of rotatable bonds is 6. The fourth-order valence-corrected chi connectivity index (χ4v) is 3.08. The van der Waals surface area contributed by atoms with E-state index in [9.17, 15) is 4.79 Å². The quantitative estimate of drug-likeness (QED) is 0.794. The van der Waals surface area contributed by atoms with E-state index in [1.54, 1.807) is 44.2 Å². The van der Waals surface area contributed by atoms with Gasteiger partial charge in [0.2, 0.25) is 0 Å². The van der Waals surface area contributed by atoms with Gasteiger partial charge in [0.05, 0.1) is 19.8 Å². The number of hydrogen-bond donors (Lipinski definition) is 1. The van der Waals surface area contributed by atoms with E-state index in [-0.39, 0.29) is 5.91 Å². The van der Waals surface area contributed by atoms with Crippen LogP contribution in [-0.2, 0) is 0 Å². The van der Waals surface area contributed by atoms with Gasteiger partial charge < -0.3 is 14.8 Å². The molecule has 0 spiro atoms. The minimum Gasteiger partial charge on any atom is -0.493 e. The molecule has 23 heavy (non-hydrogen) atoms. The van der Waals surface area contributed by atoms with E-state index < -0.39 is 0 Å². The third-order valence-electron chi connectivity index (χ3n) is 3.14. The maximum Gasteiger partial charge on any atom is 0.256 e. The van der Waals surface area contributed by atoms with Crippen molar-refractivity contribution in [2.75, 3.05) is 19.5 Å². The van der Waals surface area contributed by atoms with Crippen LogP contribution in [0.1, 0.15) is 24.2 Å². The lowest BCUT2D eigenvalue weighted by molar-refractivity contribution is 0.102. The molecule has 2 aromatic carbocycles. The summed E-state index contributed by atoms with van der Waals surface area (Å²) < 4.78 is 10.5. The molecule has 2 rings (SSSR count). The molecular formula is C18H21NO3S. The van der Waals surface area contributed by atoms with Gasteiger partial charge in [-0.05, 0) is 24.3 Å². The Morgan fingerprint density at radius 3 is 2.39 bits per heavy atom. The number of carbonyl (C=O) groups excluding carboxylic acids is 1. The molecule has 0 aliphatic carbocycles. The molecule has 0 bridgehead atoms. The average molecular weight is 331 g/mol. The first-order valence-electron chi connectivity index (χ1n) is 7.34. The fourth-order valence-electron chi connectivity index (χ4n) is 2.12. The van der Waals surface area contributed by atoms with Crippen molar-refractivity contribution in [1.29, 1.82) is 0 Å². The average Bonchev–Trinajstić information content (AvgIpc) is 2.54. The smallest absolute Gasteiger partial charge is 0.256 e. The number of thioether (sulfide) groups is 1. The van der Waals surface area contributed by atoms with Gasteiger partial charge in [-0.2, -0.15) is 0 Å². The first-order chi connectivity index (χ1) is 11.0. The number of carbonyl (C=O) groups is 1. The van der Waals surface area contributed by atoms with Gasteiger partial charge in [0.1, 0.15) is 0 Å². The summed E-state index contributed by atoms with van der Waals surface area (Å²) in [6.07, 6.45) is 0. The second-order valence-corrected chi connectivity index (χ2v) is 6.80. The van der Waals surface area contributed by atoms with Gasteiger partial charge in [-0.1, -0.05) is 26.0 Å². The van der Waals surface area contributed by atoms with E-state index in [0.717, 1.165) is 4.90 Å². The summed E-state index contributed by atoms with van der Waals surface area (Å²) in [6, 6.07) is 12.9. The molecule has 0 atom stereocenters. The maximum atomic E-state index is 12.6. The van der Waals surface area contributed by atoms with Crippen LogP contribution in [0.25, 0.3) is 0 Å². The molecule has 0 heterocycles. The molecule has 122 valence electrons. The van der Waals surface area contributed by atoms with Gasteiger partial charge in [-0.25, -0.2) is 0 Å². The van der Waals surface area contributed by atoms with Crippen LogP contribution in [0.5, 0.6) is 11.5 Å². The Hall–Kier alpha value is -2.14. The standard InChI is InChI=1S/C18H21NO3S/c1-12(2)23-17-8-6-5-7-14(17)18(20)19-13-9-10-15(21-3)16(11-13)22-4/h5-12H,1-4H3,(H,19,20). The Morgan fingerprint density at radius 1 is 1.04 bits per heavy atom. The third kappa shape index (κ3) is 4.42. The topological polar surface area (TPSA) is 47.6 Å². The zero-order valence-electron chi connectivity index (χ0n) is 13.8. The van der Waals surface area contributed by atoms with Crippen molar-refractivity contribution in [2.24, 2.45) is 0 Å². The second-order valence-electron chi connectivity index (χ2n) is 5.19. The number of nitrogens with one attached hydrogen (secondary N) is 1. The molecule has 0 aliphatic heterocycles. The van der Waals surface area contributed by atoms with Crippen LogP contribution < -0.4 is 14.8 Å². The lowest BCUT2D eigenvalue weighted by Crippen LogP contribution is -2.13. The first-order valence-corrected chi connectivity index (χ1v) is 8.22. The molecule has 5 heteroatoms. The number of benzene rings is 2. The molecule has 0 aliphatic rings. The van der Waals surface area contributed by atoms with Crippen molar-refractivity contribution in [1.82, 2.24) is 0 Å². The van der Waals surface area contributed by atoms with Gasteiger partial charge in [0, 0.05) is 21.9 Å². The maximum absolute atomic E-state index is 12.6. The number of ether oxygens (including phenoxy) is 2. The Morgan fingerprint density at radius 2 is 1.74 bits per heavy atom. The second kappa shape index (κ2) is 7.92. The highest BCUT2D eigenvalue weighted by Crippen LogP contribution is 2.31. The van der Waals surface area contributed by atoms with E-state index >= 15 is 0 Å². The van der Waals surface area contributed by atoms with Gasteiger partial charge in [-0.3, -0.25) is 4.79 Å². The van der Waals surface area contributed by atoms with Crippen LogP contribution in [-0.4, -0.2) is 25.4 Å². The molecule has 4 nitrogen and oxygen atoms in total. The van der Waals surface area contributed by atoms with Crippen LogP contribution in [0.2, 0.25) is 0 Å². The van der Waals surface area contributed by atoms with Crippen molar-refractivity contribution in [3.05, 3.63) is 48.0 Å². The van der Waals surface area contributed by atoms with Crippen molar-refractivity contribution in [3.8, 4) is 11.5 Å². The summed E-state index contributed by atoms with van der Waals surface area (Å²) in [6.45, 7) is 4.21. The molecule has 0 saturated heterocycles. The molecule has 0 unspecified atom stereocenters. The Labute approximate surface area is 141 Å². The van der Waals surface area contributed by atoms with E-state index in [4.69, 9.17) is 9.47 Å². The van der Waals surface area contributed by atoms with Crippen LogP contribution >= 0.6 is 11.8 Å². The Kier molecular flexibility index (Phi) is 5.93. The highest BCUT2D eigenvalue weighted by Gasteiger charge is 2.14. The zero-order chi connectivity index (χ0) is 16.8. The third-order valence-corrected chi connectivity index (χ3v) is 4.22. The van der Waals surface area contributed by atoms with Gasteiger partial charge in [0.25, 0.3) is 5.91 Å². The summed E-state index contributed by atoms with van der Waals surface area (Å²) in [5.74, 6) is 1.07. The summed E-state index contributed by atoms with van der Waals surface area (Å²) in [7, 11) is 3.15.